The Hall–Kier alpha value is -0.820. The molecule has 112 valence electrons. The molecule has 1 rings (SSSR count). The Balaban J connectivity index is 3.11. The number of sulfone groups is 1. The van der Waals surface area contributed by atoms with E-state index in [0.29, 0.717) is 13.0 Å². The van der Waals surface area contributed by atoms with E-state index < -0.39 is 15.8 Å². The quantitative estimate of drug-likeness (QED) is 0.861. The second-order valence-corrected chi connectivity index (χ2v) is 7.44. The van der Waals surface area contributed by atoms with Crippen LogP contribution >= 0.6 is 23.2 Å². The minimum atomic E-state index is -3.64. The summed E-state index contributed by atoms with van der Waals surface area (Å²) < 4.78 is 24.4. The fourth-order valence-corrected chi connectivity index (χ4v) is 3.81. The largest absolute Gasteiger partial charge is 0.478 e. The number of benzene rings is 1. The van der Waals surface area contributed by atoms with Gasteiger partial charge < -0.3 is 10.0 Å². The van der Waals surface area contributed by atoms with Gasteiger partial charge in [-0.15, -0.1) is 0 Å². The number of hydrogen-bond acceptors (Lipinski definition) is 4. The van der Waals surface area contributed by atoms with Gasteiger partial charge in [-0.05, 0) is 39.2 Å². The van der Waals surface area contributed by atoms with Crippen LogP contribution in [0.1, 0.15) is 16.8 Å². The highest BCUT2D eigenvalue weighted by Crippen LogP contribution is 2.29. The molecule has 0 spiro atoms. The highest BCUT2D eigenvalue weighted by molar-refractivity contribution is 7.91. The highest BCUT2D eigenvalue weighted by Gasteiger charge is 2.22. The summed E-state index contributed by atoms with van der Waals surface area (Å²) >= 11 is 11.6. The SMILES string of the molecule is CN(C)CCCS(=O)(=O)c1cc(C(=O)O)c(Cl)cc1Cl. The third-order valence-corrected chi connectivity index (χ3v) is 5.18. The van der Waals surface area contributed by atoms with Gasteiger partial charge in [-0.1, -0.05) is 23.2 Å². The normalized spacial score (nSPS) is 11.8. The van der Waals surface area contributed by atoms with E-state index in [-0.39, 0.29) is 26.3 Å². The molecule has 0 atom stereocenters. The maximum absolute atomic E-state index is 12.2. The zero-order valence-corrected chi connectivity index (χ0v) is 13.4. The molecule has 0 radical (unpaired) electrons. The number of carbonyl (C=O) groups is 1. The lowest BCUT2D eigenvalue weighted by molar-refractivity contribution is 0.0697. The first-order valence-corrected chi connectivity index (χ1v) is 8.16. The van der Waals surface area contributed by atoms with E-state index in [2.05, 4.69) is 0 Å². The van der Waals surface area contributed by atoms with Gasteiger partial charge in [-0.2, -0.15) is 0 Å². The van der Waals surface area contributed by atoms with Crippen molar-refractivity contribution in [1.29, 1.82) is 0 Å². The molecule has 0 heterocycles. The Labute approximate surface area is 128 Å². The second kappa shape index (κ2) is 6.76. The van der Waals surface area contributed by atoms with Gasteiger partial charge in [0, 0.05) is 0 Å². The topological polar surface area (TPSA) is 74.7 Å². The first-order valence-electron chi connectivity index (χ1n) is 5.75. The number of nitrogens with zero attached hydrogens (tertiary/aromatic N) is 1. The zero-order valence-electron chi connectivity index (χ0n) is 11.1. The monoisotopic (exact) mass is 339 g/mol. The number of aromatic carboxylic acids is 1. The molecule has 0 amide bonds. The Kier molecular flexibility index (Phi) is 5.82. The minimum absolute atomic E-state index is 0.0650. The van der Waals surface area contributed by atoms with Gasteiger partial charge in [0.05, 0.1) is 26.3 Å². The molecule has 8 heteroatoms. The number of rotatable bonds is 6. The van der Waals surface area contributed by atoms with E-state index in [1.165, 1.54) is 0 Å². The van der Waals surface area contributed by atoms with Gasteiger partial charge in [-0.25, -0.2) is 13.2 Å². The van der Waals surface area contributed by atoms with Crippen LogP contribution in [0.25, 0.3) is 0 Å². The molecule has 0 fully saturated rings. The first-order chi connectivity index (χ1) is 9.15. The van der Waals surface area contributed by atoms with Gasteiger partial charge in [-0.3, -0.25) is 0 Å². The summed E-state index contributed by atoms with van der Waals surface area (Å²) in [5.41, 5.74) is -0.276. The fraction of sp³-hybridized carbons (Fsp3) is 0.417. The molecule has 5 nitrogen and oxygen atoms in total. The Morgan fingerprint density at radius 2 is 1.85 bits per heavy atom. The summed E-state index contributed by atoms with van der Waals surface area (Å²) in [7, 11) is 0.0355. The summed E-state index contributed by atoms with van der Waals surface area (Å²) in [5.74, 6) is -1.40. The van der Waals surface area contributed by atoms with Gasteiger partial charge in [0.1, 0.15) is 0 Å². The van der Waals surface area contributed by atoms with E-state index in [1.54, 1.807) is 0 Å². The molecule has 0 aliphatic rings. The predicted molar refractivity (Wildman–Crippen MR) is 78.6 cm³/mol. The number of carboxylic acids is 1. The van der Waals surface area contributed by atoms with E-state index in [9.17, 15) is 13.2 Å². The summed E-state index contributed by atoms with van der Waals surface area (Å²) in [4.78, 5) is 12.7. The number of hydrogen-bond donors (Lipinski definition) is 1. The van der Waals surface area contributed by atoms with Crippen LogP contribution in [-0.2, 0) is 9.84 Å². The molecule has 1 N–H and O–H groups in total. The molecule has 0 saturated heterocycles. The van der Waals surface area contributed by atoms with Crippen LogP contribution in [0, 0.1) is 0 Å². The van der Waals surface area contributed by atoms with E-state index in [0.717, 1.165) is 12.1 Å². The highest BCUT2D eigenvalue weighted by atomic mass is 35.5. The fourth-order valence-electron chi connectivity index (χ4n) is 1.61. The van der Waals surface area contributed by atoms with Gasteiger partial charge in [0.15, 0.2) is 9.84 Å². The van der Waals surface area contributed by atoms with Crippen molar-refractivity contribution >= 4 is 39.0 Å². The molecular formula is C12H15Cl2NO4S. The number of carboxylic acid groups (broad SMARTS) is 1. The van der Waals surface area contributed by atoms with Crippen LogP contribution in [0.5, 0.6) is 0 Å². The molecular weight excluding hydrogens is 325 g/mol. The lowest BCUT2D eigenvalue weighted by Crippen LogP contribution is -2.17. The molecule has 1 aromatic carbocycles. The number of halogens is 2. The maximum atomic E-state index is 12.2. The van der Waals surface area contributed by atoms with Crippen LogP contribution in [-0.4, -0.2) is 50.8 Å². The molecule has 1 aromatic rings. The van der Waals surface area contributed by atoms with Crippen molar-refractivity contribution < 1.29 is 18.3 Å². The first kappa shape index (κ1) is 17.2. The standard InChI is InChI=1S/C12H15Cl2NO4S/c1-15(2)4-3-5-20(18,19)11-6-8(12(16)17)9(13)7-10(11)14/h6-7H,3-5H2,1-2H3,(H,16,17). The molecule has 0 saturated carbocycles. The van der Waals surface area contributed by atoms with Crippen molar-refractivity contribution in [2.45, 2.75) is 11.3 Å². The van der Waals surface area contributed by atoms with Crippen molar-refractivity contribution in [3.8, 4) is 0 Å². The predicted octanol–water partition coefficient (Wildman–Crippen LogP) is 2.42. The molecule has 0 aliphatic carbocycles. The Bertz CT molecular complexity index is 614. The average molecular weight is 340 g/mol. The van der Waals surface area contributed by atoms with Crippen molar-refractivity contribution in [1.82, 2.24) is 4.90 Å². The molecule has 0 bridgehead atoms. The van der Waals surface area contributed by atoms with Crippen LogP contribution in [0.4, 0.5) is 0 Å². The molecule has 0 aromatic heterocycles. The van der Waals surface area contributed by atoms with Crippen molar-refractivity contribution in [3.05, 3.63) is 27.7 Å². The summed E-state index contributed by atoms with van der Waals surface area (Å²) in [6.45, 7) is 0.607. The van der Waals surface area contributed by atoms with Crippen molar-refractivity contribution in [2.24, 2.45) is 0 Å². The third-order valence-electron chi connectivity index (χ3n) is 2.61. The lowest BCUT2D eigenvalue weighted by Gasteiger charge is -2.11. The van der Waals surface area contributed by atoms with E-state index in [1.807, 2.05) is 19.0 Å². The van der Waals surface area contributed by atoms with Crippen LogP contribution in [0.3, 0.4) is 0 Å². The van der Waals surface area contributed by atoms with E-state index in [4.69, 9.17) is 28.3 Å². The molecule has 0 unspecified atom stereocenters. The van der Waals surface area contributed by atoms with Gasteiger partial charge in [0.2, 0.25) is 0 Å². The summed E-state index contributed by atoms with van der Waals surface area (Å²) in [6.07, 6.45) is 0.427. The molecule has 20 heavy (non-hydrogen) atoms. The van der Waals surface area contributed by atoms with Crippen molar-refractivity contribution in [2.75, 3.05) is 26.4 Å². The Morgan fingerprint density at radius 1 is 1.25 bits per heavy atom. The lowest BCUT2D eigenvalue weighted by atomic mass is 10.2. The van der Waals surface area contributed by atoms with Gasteiger partial charge in [0.25, 0.3) is 0 Å². The van der Waals surface area contributed by atoms with Crippen LogP contribution in [0.15, 0.2) is 17.0 Å². The van der Waals surface area contributed by atoms with E-state index >= 15 is 0 Å². The minimum Gasteiger partial charge on any atom is -0.478 e. The third kappa shape index (κ3) is 4.34. The maximum Gasteiger partial charge on any atom is 0.337 e. The average Bonchev–Trinajstić information content (AvgIpc) is 2.26. The van der Waals surface area contributed by atoms with Crippen molar-refractivity contribution in [3.63, 3.8) is 0 Å². The summed E-state index contributed by atoms with van der Waals surface area (Å²) in [6, 6.07) is 2.16. The van der Waals surface area contributed by atoms with Crippen LogP contribution in [0.2, 0.25) is 10.0 Å². The second-order valence-electron chi connectivity index (χ2n) is 4.54. The van der Waals surface area contributed by atoms with Crippen LogP contribution < -0.4 is 0 Å². The zero-order chi connectivity index (χ0) is 15.5. The van der Waals surface area contributed by atoms with Gasteiger partial charge >= 0.3 is 5.97 Å². The summed E-state index contributed by atoms with van der Waals surface area (Å²) in [5, 5.41) is 8.81. The molecule has 0 aliphatic heterocycles. The Morgan fingerprint density at radius 3 is 2.35 bits per heavy atom. The smallest absolute Gasteiger partial charge is 0.337 e.